The van der Waals surface area contributed by atoms with Crippen molar-refractivity contribution < 1.29 is 9.90 Å². The van der Waals surface area contributed by atoms with Gasteiger partial charge in [0.1, 0.15) is 0 Å². The van der Waals surface area contributed by atoms with E-state index >= 15 is 0 Å². The van der Waals surface area contributed by atoms with E-state index in [-0.39, 0.29) is 0 Å². The fraction of sp³-hybridized carbons (Fsp3) is 0.667. The van der Waals surface area contributed by atoms with Crippen LogP contribution in [0.25, 0.3) is 0 Å². The summed E-state index contributed by atoms with van der Waals surface area (Å²) in [6.07, 6.45) is 3.29. The first-order valence-electron chi connectivity index (χ1n) is 4.06. The Bertz CT molecular complexity index is 204. The summed E-state index contributed by atoms with van der Waals surface area (Å²) in [5.41, 5.74) is 1.72. The average Bonchev–Trinajstić information content (AvgIpc) is 2.33. The van der Waals surface area contributed by atoms with Gasteiger partial charge in [0.05, 0.1) is 0 Å². The quantitative estimate of drug-likeness (QED) is 0.588. The third kappa shape index (κ3) is 1.62. The first-order chi connectivity index (χ1) is 5.13. The molecule has 0 amide bonds. The van der Waals surface area contributed by atoms with Crippen LogP contribution >= 0.6 is 0 Å². The molecule has 0 aliphatic heterocycles. The lowest BCUT2D eigenvalue weighted by atomic mass is 10.0. The molecule has 11 heavy (non-hydrogen) atoms. The lowest BCUT2D eigenvalue weighted by Gasteiger charge is -2.06. The zero-order valence-corrected chi connectivity index (χ0v) is 7.05. The van der Waals surface area contributed by atoms with Crippen molar-refractivity contribution in [3.8, 4) is 0 Å². The summed E-state index contributed by atoms with van der Waals surface area (Å²) < 4.78 is 0. The van der Waals surface area contributed by atoms with Gasteiger partial charge < -0.3 is 5.11 Å². The van der Waals surface area contributed by atoms with Gasteiger partial charge in [-0.25, -0.2) is 4.79 Å². The summed E-state index contributed by atoms with van der Waals surface area (Å²) in [5.74, 6) is -0.264. The van der Waals surface area contributed by atoms with Gasteiger partial charge in [0, 0.05) is 5.57 Å². The van der Waals surface area contributed by atoms with Gasteiger partial charge >= 0.3 is 5.97 Å². The molecule has 2 nitrogen and oxygen atoms in total. The molecule has 1 rings (SSSR count). The Morgan fingerprint density at radius 2 is 2.27 bits per heavy atom. The van der Waals surface area contributed by atoms with Crippen molar-refractivity contribution in [1.82, 2.24) is 0 Å². The maximum Gasteiger partial charge on any atom is 0.331 e. The highest BCUT2D eigenvalue weighted by Gasteiger charge is 2.20. The molecule has 0 saturated heterocycles. The number of rotatable bonds is 1. The van der Waals surface area contributed by atoms with Crippen LogP contribution in [0.15, 0.2) is 11.1 Å². The third-order valence-corrected chi connectivity index (χ3v) is 2.48. The number of aliphatic carboxylic acids is 1. The largest absolute Gasteiger partial charge is 0.478 e. The predicted molar refractivity (Wildman–Crippen MR) is 43.4 cm³/mol. The summed E-state index contributed by atoms with van der Waals surface area (Å²) in [4.78, 5) is 10.6. The zero-order valence-electron chi connectivity index (χ0n) is 7.05. The van der Waals surface area contributed by atoms with E-state index < -0.39 is 5.97 Å². The lowest BCUT2D eigenvalue weighted by molar-refractivity contribution is -0.132. The molecule has 0 bridgehead atoms. The highest BCUT2D eigenvalue weighted by molar-refractivity contribution is 5.86. The van der Waals surface area contributed by atoms with Crippen molar-refractivity contribution in [1.29, 1.82) is 0 Å². The van der Waals surface area contributed by atoms with Crippen LogP contribution in [-0.2, 0) is 4.79 Å². The van der Waals surface area contributed by atoms with Crippen LogP contribution < -0.4 is 0 Å². The monoisotopic (exact) mass is 154 g/mol. The van der Waals surface area contributed by atoms with Crippen molar-refractivity contribution in [3.63, 3.8) is 0 Å². The molecule has 1 saturated carbocycles. The average molecular weight is 154 g/mol. The van der Waals surface area contributed by atoms with Crippen LogP contribution in [0.2, 0.25) is 0 Å². The van der Waals surface area contributed by atoms with Gasteiger partial charge in [-0.15, -0.1) is 0 Å². The smallest absolute Gasteiger partial charge is 0.331 e. The molecule has 1 N–H and O–H groups in total. The fourth-order valence-electron chi connectivity index (χ4n) is 1.71. The minimum Gasteiger partial charge on any atom is -0.478 e. The van der Waals surface area contributed by atoms with Gasteiger partial charge in [0.2, 0.25) is 0 Å². The second-order valence-corrected chi connectivity index (χ2v) is 3.25. The van der Waals surface area contributed by atoms with Crippen LogP contribution in [0.4, 0.5) is 0 Å². The first kappa shape index (κ1) is 8.31. The summed E-state index contributed by atoms with van der Waals surface area (Å²) in [5, 5.41) is 8.70. The molecule has 2 heteroatoms. The molecule has 0 heterocycles. The first-order valence-corrected chi connectivity index (χ1v) is 4.06. The Morgan fingerprint density at radius 3 is 2.64 bits per heavy atom. The Morgan fingerprint density at radius 1 is 1.64 bits per heavy atom. The van der Waals surface area contributed by atoms with E-state index in [4.69, 9.17) is 5.11 Å². The van der Waals surface area contributed by atoms with Crippen LogP contribution in [0.5, 0.6) is 0 Å². The highest BCUT2D eigenvalue weighted by Crippen LogP contribution is 2.32. The molecule has 1 aliphatic carbocycles. The molecule has 0 aromatic heterocycles. The number of carboxylic acid groups (broad SMARTS) is 1. The molecule has 1 fully saturated rings. The molecule has 0 spiro atoms. The Kier molecular flexibility index (Phi) is 2.32. The van der Waals surface area contributed by atoms with Gasteiger partial charge in [-0.3, -0.25) is 0 Å². The molecule has 62 valence electrons. The van der Waals surface area contributed by atoms with Crippen molar-refractivity contribution in [3.05, 3.63) is 11.1 Å². The van der Waals surface area contributed by atoms with E-state index in [1.165, 1.54) is 0 Å². The third-order valence-electron chi connectivity index (χ3n) is 2.48. The number of hydrogen-bond donors (Lipinski definition) is 1. The van der Waals surface area contributed by atoms with Crippen LogP contribution in [0.3, 0.4) is 0 Å². The molecule has 0 aromatic carbocycles. The van der Waals surface area contributed by atoms with E-state index in [9.17, 15) is 4.79 Å². The minimum atomic E-state index is -0.756. The Hall–Kier alpha value is -0.790. The second kappa shape index (κ2) is 3.07. The lowest BCUT2D eigenvalue weighted by Crippen LogP contribution is -2.02. The van der Waals surface area contributed by atoms with Gasteiger partial charge in [0.15, 0.2) is 0 Å². The number of hydrogen-bond acceptors (Lipinski definition) is 1. The second-order valence-electron chi connectivity index (χ2n) is 3.25. The summed E-state index contributed by atoms with van der Waals surface area (Å²) in [6, 6.07) is 0. The normalized spacial score (nSPS) is 28.7. The molecular formula is C9H14O2. The highest BCUT2D eigenvalue weighted by atomic mass is 16.4. The predicted octanol–water partition coefficient (Wildman–Crippen LogP) is 2.21. The van der Waals surface area contributed by atoms with Crippen LogP contribution in [0.1, 0.15) is 33.1 Å². The van der Waals surface area contributed by atoms with Crippen molar-refractivity contribution in [2.75, 3.05) is 0 Å². The number of carbonyl (C=O) groups is 1. The summed E-state index contributed by atoms with van der Waals surface area (Å²) in [6.45, 7) is 3.81. The van der Waals surface area contributed by atoms with Crippen molar-refractivity contribution >= 4 is 5.97 Å². The van der Waals surface area contributed by atoms with E-state index in [0.29, 0.717) is 11.5 Å². The fourth-order valence-corrected chi connectivity index (χ4v) is 1.71. The SMILES string of the molecule is CC(C(=O)O)=C1CCCC1C. The topological polar surface area (TPSA) is 37.3 Å². The van der Waals surface area contributed by atoms with E-state index in [2.05, 4.69) is 6.92 Å². The van der Waals surface area contributed by atoms with Gasteiger partial charge in [0.25, 0.3) is 0 Å². The minimum absolute atomic E-state index is 0.492. The molecule has 0 radical (unpaired) electrons. The maximum absolute atomic E-state index is 10.6. The van der Waals surface area contributed by atoms with Crippen molar-refractivity contribution in [2.45, 2.75) is 33.1 Å². The molecule has 1 aliphatic rings. The molecular weight excluding hydrogens is 140 g/mol. The Balaban J connectivity index is 2.85. The van der Waals surface area contributed by atoms with Gasteiger partial charge in [-0.2, -0.15) is 0 Å². The van der Waals surface area contributed by atoms with Crippen molar-refractivity contribution in [2.24, 2.45) is 5.92 Å². The summed E-state index contributed by atoms with van der Waals surface area (Å²) in [7, 11) is 0. The van der Waals surface area contributed by atoms with Crippen LogP contribution in [0, 0.1) is 5.92 Å². The molecule has 1 unspecified atom stereocenters. The number of carboxylic acids is 1. The standard InChI is InChI=1S/C9H14O2/c1-6-4-3-5-8(6)7(2)9(10)11/h6H,3-5H2,1-2H3,(H,10,11). The van der Waals surface area contributed by atoms with E-state index in [1.807, 2.05) is 0 Å². The maximum atomic E-state index is 10.6. The summed E-state index contributed by atoms with van der Waals surface area (Å²) >= 11 is 0. The van der Waals surface area contributed by atoms with E-state index in [1.54, 1.807) is 6.92 Å². The number of allylic oxidation sites excluding steroid dienone is 1. The zero-order chi connectivity index (χ0) is 8.43. The van der Waals surface area contributed by atoms with Crippen LogP contribution in [-0.4, -0.2) is 11.1 Å². The van der Waals surface area contributed by atoms with Gasteiger partial charge in [-0.05, 0) is 32.1 Å². The molecule has 1 atom stereocenters. The Labute approximate surface area is 66.9 Å². The molecule has 0 aromatic rings. The van der Waals surface area contributed by atoms with Gasteiger partial charge in [-0.1, -0.05) is 12.5 Å². The van der Waals surface area contributed by atoms with E-state index in [0.717, 1.165) is 24.8 Å².